The largest absolute Gasteiger partial charge is 0.283 e. The lowest BCUT2D eigenvalue weighted by Crippen LogP contribution is -2.22. The lowest BCUT2D eigenvalue weighted by molar-refractivity contribution is 0.0958. The number of nitrogens with zero attached hydrogens (tertiary/aromatic N) is 3. The molecule has 0 radical (unpaired) electrons. The number of nitrogens with one attached hydrogen (secondary N) is 1. The molecule has 0 aliphatic heterocycles. The number of hydrazone groups is 1. The highest BCUT2D eigenvalue weighted by molar-refractivity contribution is 7.13. The van der Waals surface area contributed by atoms with Gasteiger partial charge in [-0.25, -0.2) is 10.4 Å². The monoisotopic (exact) mass is 300 g/mol. The molecule has 2 aromatic heterocycles. The van der Waals surface area contributed by atoms with E-state index in [1.165, 1.54) is 16.9 Å². The van der Waals surface area contributed by atoms with Crippen molar-refractivity contribution in [1.82, 2.24) is 15.4 Å². The standard InChI is InChI=1S/C15H16N4OS/c1-9-14(21-10(2)17-9)15(20)19-18-12-7-3-5-11-6-4-8-16-13(11)12/h4,6,8H,3,5,7H2,1-2H3,(H,19,20)/b18-12+. The van der Waals surface area contributed by atoms with Gasteiger partial charge in [-0.3, -0.25) is 9.78 Å². The van der Waals surface area contributed by atoms with Crippen molar-refractivity contribution in [3.8, 4) is 0 Å². The molecule has 108 valence electrons. The number of carbonyl (C=O) groups is 1. The summed E-state index contributed by atoms with van der Waals surface area (Å²) in [5.41, 5.74) is 6.34. The molecule has 0 aromatic carbocycles. The predicted octanol–water partition coefficient (Wildman–Crippen LogP) is 2.63. The predicted molar refractivity (Wildman–Crippen MR) is 82.8 cm³/mol. The van der Waals surface area contributed by atoms with Crippen LogP contribution in [-0.2, 0) is 6.42 Å². The van der Waals surface area contributed by atoms with Crippen molar-refractivity contribution in [1.29, 1.82) is 0 Å². The molecule has 1 aliphatic rings. The van der Waals surface area contributed by atoms with E-state index in [1.54, 1.807) is 6.20 Å². The van der Waals surface area contributed by atoms with Gasteiger partial charge in [0.05, 0.1) is 22.1 Å². The van der Waals surface area contributed by atoms with Crippen LogP contribution in [0, 0.1) is 13.8 Å². The molecule has 0 fully saturated rings. The summed E-state index contributed by atoms with van der Waals surface area (Å²) in [4.78, 5) is 21.4. The number of thiazole rings is 1. The second kappa shape index (κ2) is 5.73. The zero-order valence-electron chi connectivity index (χ0n) is 12.0. The first-order chi connectivity index (χ1) is 10.1. The van der Waals surface area contributed by atoms with E-state index in [1.807, 2.05) is 19.9 Å². The van der Waals surface area contributed by atoms with E-state index in [2.05, 4.69) is 26.6 Å². The van der Waals surface area contributed by atoms with Crippen LogP contribution in [0.3, 0.4) is 0 Å². The quantitative estimate of drug-likeness (QED) is 0.867. The summed E-state index contributed by atoms with van der Waals surface area (Å²) in [6, 6.07) is 4.00. The van der Waals surface area contributed by atoms with Crippen LogP contribution < -0.4 is 5.43 Å². The number of carbonyl (C=O) groups excluding carboxylic acids is 1. The molecule has 0 saturated carbocycles. The maximum absolute atomic E-state index is 12.2. The third kappa shape index (κ3) is 2.85. The topological polar surface area (TPSA) is 67.2 Å². The first-order valence-corrected chi connectivity index (χ1v) is 7.72. The summed E-state index contributed by atoms with van der Waals surface area (Å²) in [6.07, 6.45) is 4.65. The number of pyridine rings is 1. The molecule has 5 nitrogen and oxygen atoms in total. The average Bonchev–Trinajstić information content (AvgIpc) is 2.83. The number of rotatable bonds is 2. The van der Waals surface area contributed by atoms with E-state index in [9.17, 15) is 4.79 Å². The molecule has 1 amide bonds. The summed E-state index contributed by atoms with van der Waals surface area (Å²) >= 11 is 1.39. The number of aromatic nitrogens is 2. The molecular weight excluding hydrogens is 284 g/mol. The van der Waals surface area contributed by atoms with Gasteiger partial charge >= 0.3 is 0 Å². The second-order valence-electron chi connectivity index (χ2n) is 5.01. The van der Waals surface area contributed by atoms with Gasteiger partial charge in [-0.05, 0) is 44.7 Å². The first kappa shape index (κ1) is 13.9. The minimum absolute atomic E-state index is 0.200. The van der Waals surface area contributed by atoms with Gasteiger partial charge in [-0.1, -0.05) is 6.07 Å². The van der Waals surface area contributed by atoms with Crippen molar-refractivity contribution in [2.75, 3.05) is 0 Å². The summed E-state index contributed by atoms with van der Waals surface area (Å²) in [6.45, 7) is 3.73. The minimum Gasteiger partial charge on any atom is -0.266 e. The van der Waals surface area contributed by atoms with Gasteiger partial charge in [0.25, 0.3) is 5.91 Å². The zero-order valence-corrected chi connectivity index (χ0v) is 12.8. The van der Waals surface area contributed by atoms with Gasteiger partial charge in [0.2, 0.25) is 0 Å². The Morgan fingerprint density at radius 1 is 1.38 bits per heavy atom. The van der Waals surface area contributed by atoms with Crippen LogP contribution in [-0.4, -0.2) is 21.6 Å². The number of amides is 1. The van der Waals surface area contributed by atoms with Crippen molar-refractivity contribution >= 4 is 23.0 Å². The maximum Gasteiger partial charge on any atom is 0.283 e. The van der Waals surface area contributed by atoms with E-state index in [0.29, 0.717) is 4.88 Å². The van der Waals surface area contributed by atoms with Crippen molar-refractivity contribution in [2.45, 2.75) is 33.1 Å². The Morgan fingerprint density at radius 2 is 2.24 bits per heavy atom. The van der Waals surface area contributed by atoms with Crippen LogP contribution >= 0.6 is 11.3 Å². The Bertz CT molecular complexity index is 720. The molecule has 2 aromatic rings. The fourth-order valence-corrected chi connectivity index (χ4v) is 3.29. The molecule has 0 bridgehead atoms. The normalized spacial score (nSPS) is 15.8. The highest BCUT2D eigenvalue weighted by Crippen LogP contribution is 2.20. The molecule has 3 rings (SSSR count). The van der Waals surface area contributed by atoms with Crippen LogP contribution in [0.4, 0.5) is 0 Å². The Labute approximate surface area is 127 Å². The molecule has 0 spiro atoms. The van der Waals surface area contributed by atoms with E-state index in [4.69, 9.17) is 0 Å². The van der Waals surface area contributed by atoms with E-state index in [-0.39, 0.29) is 5.91 Å². The molecule has 0 saturated heterocycles. The van der Waals surface area contributed by atoms with Crippen LogP contribution in [0.25, 0.3) is 0 Å². The van der Waals surface area contributed by atoms with Crippen LogP contribution in [0.2, 0.25) is 0 Å². The number of fused-ring (bicyclic) bond motifs is 1. The zero-order chi connectivity index (χ0) is 14.8. The molecule has 1 aliphatic carbocycles. The third-order valence-electron chi connectivity index (χ3n) is 3.43. The molecule has 0 unspecified atom stereocenters. The molecule has 1 N–H and O–H groups in total. The number of aryl methyl sites for hydroxylation is 3. The van der Waals surface area contributed by atoms with Crippen molar-refractivity contribution in [3.63, 3.8) is 0 Å². The highest BCUT2D eigenvalue weighted by Gasteiger charge is 2.18. The number of hydrogen-bond donors (Lipinski definition) is 1. The van der Waals surface area contributed by atoms with E-state index < -0.39 is 0 Å². The molecule has 21 heavy (non-hydrogen) atoms. The minimum atomic E-state index is -0.200. The Hall–Kier alpha value is -2.08. The fraction of sp³-hybridized carbons (Fsp3) is 0.333. The Balaban J connectivity index is 1.81. The molecular formula is C15H16N4OS. The van der Waals surface area contributed by atoms with E-state index >= 15 is 0 Å². The Morgan fingerprint density at radius 3 is 3.00 bits per heavy atom. The molecule has 0 atom stereocenters. The van der Waals surface area contributed by atoms with Crippen LogP contribution in [0.15, 0.2) is 23.4 Å². The van der Waals surface area contributed by atoms with Crippen molar-refractivity contribution in [3.05, 3.63) is 45.2 Å². The highest BCUT2D eigenvalue weighted by atomic mass is 32.1. The van der Waals surface area contributed by atoms with Gasteiger partial charge in [0.15, 0.2) is 0 Å². The molecule has 2 heterocycles. The average molecular weight is 300 g/mol. The summed E-state index contributed by atoms with van der Waals surface area (Å²) in [7, 11) is 0. The van der Waals surface area contributed by atoms with Gasteiger partial charge in [-0.2, -0.15) is 5.10 Å². The number of hydrogen-bond acceptors (Lipinski definition) is 5. The maximum atomic E-state index is 12.2. The lowest BCUT2D eigenvalue weighted by Gasteiger charge is -2.16. The van der Waals surface area contributed by atoms with Crippen molar-refractivity contribution < 1.29 is 4.79 Å². The smallest absolute Gasteiger partial charge is 0.266 e. The third-order valence-corrected chi connectivity index (χ3v) is 4.50. The van der Waals surface area contributed by atoms with E-state index in [0.717, 1.165) is 41.4 Å². The van der Waals surface area contributed by atoms with Crippen LogP contribution in [0.5, 0.6) is 0 Å². The van der Waals surface area contributed by atoms with Crippen LogP contribution in [0.1, 0.15) is 44.5 Å². The van der Waals surface area contributed by atoms with Crippen molar-refractivity contribution in [2.24, 2.45) is 5.10 Å². The summed E-state index contributed by atoms with van der Waals surface area (Å²) in [5.74, 6) is -0.200. The fourth-order valence-electron chi connectivity index (χ4n) is 2.48. The SMILES string of the molecule is Cc1nc(C)c(C(=O)N/N=C2\CCCc3cccnc32)s1. The Kier molecular flexibility index (Phi) is 3.79. The van der Waals surface area contributed by atoms with Gasteiger partial charge in [0.1, 0.15) is 4.88 Å². The summed E-state index contributed by atoms with van der Waals surface area (Å²) in [5, 5.41) is 5.17. The van der Waals surface area contributed by atoms with Gasteiger partial charge < -0.3 is 0 Å². The van der Waals surface area contributed by atoms with Gasteiger partial charge in [-0.15, -0.1) is 11.3 Å². The first-order valence-electron chi connectivity index (χ1n) is 6.90. The second-order valence-corrected chi connectivity index (χ2v) is 6.21. The van der Waals surface area contributed by atoms with Gasteiger partial charge in [0, 0.05) is 6.20 Å². The molecule has 6 heteroatoms. The summed E-state index contributed by atoms with van der Waals surface area (Å²) < 4.78 is 0. The lowest BCUT2D eigenvalue weighted by atomic mass is 9.95.